The highest BCUT2D eigenvalue weighted by molar-refractivity contribution is 5.97. The molecule has 0 unspecified atom stereocenters. The predicted molar refractivity (Wildman–Crippen MR) is 127 cm³/mol. The number of aromatic nitrogens is 1. The summed E-state index contributed by atoms with van der Waals surface area (Å²) in [6.45, 7) is 5.86. The van der Waals surface area contributed by atoms with Gasteiger partial charge in [0, 0.05) is 6.20 Å². The highest BCUT2D eigenvalue weighted by Crippen LogP contribution is 2.32. The number of rotatable bonds is 13. The lowest BCUT2D eigenvalue weighted by Gasteiger charge is -2.35. The molecule has 1 aliphatic rings. The van der Waals surface area contributed by atoms with Crippen LogP contribution in [0.3, 0.4) is 0 Å². The van der Waals surface area contributed by atoms with Crippen LogP contribution in [0.1, 0.15) is 78.6 Å². The number of carbonyl (C=O) groups is 3. The van der Waals surface area contributed by atoms with Crippen molar-refractivity contribution in [3.05, 3.63) is 24.4 Å². The van der Waals surface area contributed by atoms with Gasteiger partial charge in [-0.2, -0.15) is 0 Å². The van der Waals surface area contributed by atoms with Crippen molar-refractivity contribution in [1.82, 2.24) is 15.4 Å². The van der Waals surface area contributed by atoms with E-state index in [0.717, 1.165) is 32.1 Å². The Bertz CT molecular complexity index is 739. The second-order valence-corrected chi connectivity index (χ2v) is 9.26. The number of hydrogen-bond donors (Lipinski definition) is 3. The lowest BCUT2D eigenvalue weighted by Crippen LogP contribution is -2.53. The van der Waals surface area contributed by atoms with Gasteiger partial charge in [0.25, 0.3) is 0 Å². The number of anilines is 1. The van der Waals surface area contributed by atoms with Gasteiger partial charge >= 0.3 is 0 Å². The summed E-state index contributed by atoms with van der Waals surface area (Å²) in [6.07, 6.45) is 10.1. The molecule has 33 heavy (non-hydrogen) atoms. The minimum Gasteiger partial charge on any atom is -0.344 e. The average Bonchev–Trinajstić information content (AvgIpc) is 2.84. The van der Waals surface area contributed by atoms with Crippen LogP contribution < -0.4 is 10.6 Å². The Morgan fingerprint density at radius 3 is 2.52 bits per heavy atom. The number of nitrogens with one attached hydrogen (secondary N) is 2. The Balaban J connectivity index is 2.23. The number of carbonyl (C=O) groups excluding carboxylic acids is 3. The predicted octanol–water partition coefficient (Wildman–Crippen LogP) is 4.15. The first-order valence-corrected chi connectivity index (χ1v) is 12.4. The Morgan fingerprint density at radius 1 is 1.21 bits per heavy atom. The van der Waals surface area contributed by atoms with Crippen LogP contribution in [-0.4, -0.2) is 45.6 Å². The third kappa shape index (κ3) is 8.11. The third-order valence-corrected chi connectivity index (χ3v) is 6.85. The molecule has 1 saturated carbocycles. The summed E-state index contributed by atoms with van der Waals surface area (Å²) >= 11 is 0. The van der Waals surface area contributed by atoms with Gasteiger partial charge in [0.2, 0.25) is 18.2 Å². The Morgan fingerprint density at radius 2 is 1.94 bits per heavy atom. The number of hydrogen-bond acceptors (Lipinski definition) is 5. The zero-order chi connectivity index (χ0) is 24.2. The summed E-state index contributed by atoms with van der Waals surface area (Å²) in [6, 6.07) is 3.88. The van der Waals surface area contributed by atoms with Gasteiger partial charge in [0.15, 0.2) is 0 Å². The maximum atomic E-state index is 13.6. The van der Waals surface area contributed by atoms with Crippen LogP contribution in [0, 0.1) is 17.8 Å². The van der Waals surface area contributed by atoms with Crippen LogP contribution in [0.5, 0.6) is 0 Å². The summed E-state index contributed by atoms with van der Waals surface area (Å²) in [4.78, 5) is 42.2. The average molecular weight is 461 g/mol. The van der Waals surface area contributed by atoms with E-state index in [1.807, 2.05) is 20.8 Å². The smallest absolute Gasteiger partial charge is 0.248 e. The molecule has 1 aromatic heterocycles. The fourth-order valence-corrected chi connectivity index (χ4v) is 4.72. The molecular formula is C25H40N4O4. The van der Waals surface area contributed by atoms with E-state index in [1.165, 1.54) is 6.42 Å². The van der Waals surface area contributed by atoms with E-state index in [9.17, 15) is 19.6 Å². The summed E-state index contributed by atoms with van der Waals surface area (Å²) in [5, 5.41) is 16.7. The summed E-state index contributed by atoms with van der Waals surface area (Å²) < 4.78 is 0. The molecule has 184 valence electrons. The van der Waals surface area contributed by atoms with E-state index < -0.39 is 18.0 Å². The zero-order valence-electron chi connectivity index (χ0n) is 20.2. The molecular weight excluding hydrogens is 420 g/mol. The molecule has 1 heterocycles. The van der Waals surface area contributed by atoms with Crippen LogP contribution in [0.25, 0.3) is 0 Å². The summed E-state index contributed by atoms with van der Waals surface area (Å²) in [7, 11) is 0. The first-order valence-electron chi connectivity index (χ1n) is 12.4. The zero-order valence-corrected chi connectivity index (χ0v) is 20.2. The van der Waals surface area contributed by atoms with Gasteiger partial charge in [-0.1, -0.05) is 71.8 Å². The molecule has 0 bridgehead atoms. The molecule has 0 radical (unpaired) electrons. The monoisotopic (exact) mass is 460 g/mol. The molecule has 2 rings (SSSR count). The number of hydroxylamine groups is 2. The lowest BCUT2D eigenvalue weighted by atomic mass is 9.79. The van der Waals surface area contributed by atoms with Crippen molar-refractivity contribution in [3.63, 3.8) is 0 Å². The van der Waals surface area contributed by atoms with E-state index in [1.54, 1.807) is 24.4 Å². The number of nitrogens with zero attached hydrogens (tertiary/aromatic N) is 2. The highest BCUT2D eigenvalue weighted by Gasteiger charge is 2.37. The van der Waals surface area contributed by atoms with Crippen LogP contribution in [0.4, 0.5) is 5.82 Å². The van der Waals surface area contributed by atoms with Gasteiger partial charge in [-0.25, -0.2) is 10.0 Å². The second kappa shape index (κ2) is 13.9. The van der Waals surface area contributed by atoms with Gasteiger partial charge < -0.3 is 10.6 Å². The van der Waals surface area contributed by atoms with Crippen molar-refractivity contribution >= 4 is 24.0 Å². The third-order valence-electron chi connectivity index (χ3n) is 6.85. The topological polar surface area (TPSA) is 112 Å². The molecule has 8 nitrogen and oxygen atoms in total. The molecule has 1 aromatic rings. The quantitative estimate of drug-likeness (QED) is 0.233. The van der Waals surface area contributed by atoms with Crippen molar-refractivity contribution in [2.45, 2.75) is 90.6 Å². The summed E-state index contributed by atoms with van der Waals surface area (Å²) in [5.41, 5.74) is 0. The van der Waals surface area contributed by atoms with Gasteiger partial charge in [-0.3, -0.25) is 19.6 Å². The van der Waals surface area contributed by atoms with Crippen molar-refractivity contribution in [1.29, 1.82) is 0 Å². The van der Waals surface area contributed by atoms with Crippen LogP contribution in [0.2, 0.25) is 0 Å². The number of pyridine rings is 1. The molecule has 4 atom stereocenters. The van der Waals surface area contributed by atoms with Crippen LogP contribution >= 0.6 is 0 Å². The fraction of sp³-hybridized carbons (Fsp3) is 0.680. The van der Waals surface area contributed by atoms with Gasteiger partial charge in [0.05, 0.1) is 12.0 Å². The fourth-order valence-electron chi connectivity index (χ4n) is 4.72. The van der Waals surface area contributed by atoms with Crippen molar-refractivity contribution < 1.29 is 19.6 Å². The number of amides is 3. The molecule has 0 spiro atoms. The van der Waals surface area contributed by atoms with Gasteiger partial charge in [-0.05, 0) is 36.8 Å². The van der Waals surface area contributed by atoms with Crippen molar-refractivity contribution in [2.24, 2.45) is 17.8 Å². The molecule has 3 N–H and O–H groups in total. The molecule has 0 aromatic carbocycles. The molecule has 0 saturated heterocycles. The van der Waals surface area contributed by atoms with E-state index in [0.29, 0.717) is 42.5 Å². The van der Waals surface area contributed by atoms with Crippen LogP contribution in [0.15, 0.2) is 24.4 Å². The largest absolute Gasteiger partial charge is 0.344 e. The minimum atomic E-state index is -0.746. The Hall–Kier alpha value is -2.48. The molecule has 8 heteroatoms. The molecule has 3 amide bonds. The van der Waals surface area contributed by atoms with E-state index in [2.05, 4.69) is 15.6 Å². The van der Waals surface area contributed by atoms with E-state index in [-0.39, 0.29) is 17.7 Å². The Kier molecular flexibility index (Phi) is 11.3. The maximum absolute atomic E-state index is 13.6. The first kappa shape index (κ1) is 26.8. The van der Waals surface area contributed by atoms with Gasteiger partial charge in [-0.15, -0.1) is 0 Å². The normalized spacial score (nSPS) is 17.9. The lowest BCUT2D eigenvalue weighted by molar-refractivity contribution is -0.170. The highest BCUT2D eigenvalue weighted by atomic mass is 16.5. The van der Waals surface area contributed by atoms with Crippen molar-refractivity contribution in [2.75, 3.05) is 5.32 Å². The Labute approximate surface area is 197 Å². The van der Waals surface area contributed by atoms with Gasteiger partial charge in [0.1, 0.15) is 11.9 Å². The second-order valence-electron chi connectivity index (χ2n) is 9.26. The SMILES string of the molecule is CCC[C@@H]([C@@H](CC1CCCCC1)C(=O)N[C@H](C(=O)Nc1ccccn1)[C@H](C)CC)N(O)C=O. The van der Waals surface area contributed by atoms with Crippen molar-refractivity contribution in [3.8, 4) is 0 Å². The first-order chi connectivity index (χ1) is 15.9. The molecule has 1 aliphatic carbocycles. The van der Waals surface area contributed by atoms with E-state index in [4.69, 9.17) is 0 Å². The standard InChI is InChI=1S/C25H40N4O4/c1-4-11-21(29(33)17-30)20(16-19-12-7-6-8-13-19)24(31)28-23(18(3)5-2)25(32)27-22-14-9-10-15-26-22/h9-10,14-15,17-21,23,33H,4-8,11-13,16H2,1-3H3,(H,28,31)(H,26,27,32)/t18-,20-,21+,23+/m1/s1. The maximum Gasteiger partial charge on any atom is 0.248 e. The molecule has 0 aliphatic heterocycles. The van der Waals surface area contributed by atoms with E-state index >= 15 is 0 Å². The molecule has 1 fully saturated rings. The summed E-state index contributed by atoms with van der Waals surface area (Å²) in [5.74, 6) is -0.502. The minimum absolute atomic E-state index is 0.103. The van der Waals surface area contributed by atoms with Crippen LogP contribution in [-0.2, 0) is 14.4 Å².